The number of nitrogens with one attached hydrogen (secondary N) is 1. The van der Waals surface area contributed by atoms with E-state index in [0.717, 1.165) is 16.9 Å². The molecule has 0 radical (unpaired) electrons. The van der Waals surface area contributed by atoms with Gasteiger partial charge in [0.25, 0.3) is 0 Å². The summed E-state index contributed by atoms with van der Waals surface area (Å²) in [5, 5.41) is 2.33. The maximum atomic E-state index is 5.88. The predicted molar refractivity (Wildman–Crippen MR) is 167 cm³/mol. The fourth-order valence-electron chi connectivity index (χ4n) is 4.67. The van der Waals surface area contributed by atoms with Crippen LogP contribution in [-0.4, -0.2) is 62.6 Å². The zero-order chi connectivity index (χ0) is 25.7. The van der Waals surface area contributed by atoms with Gasteiger partial charge < -0.3 is 0 Å². The molecule has 1 heterocycles. The summed E-state index contributed by atoms with van der Waals surface area (Å²) in [6.45, 7) is 14.9. The first-order valence-electron chi connectivity index (χ1n) is 15.0. The molecule has 0 spiro atoms. The minimum absolute atomic E-state index is 0.0155. The molecule has 35 heavy (non-hydrogen) atoms. The fraction of sp³-hybridized carbons (Fsp3) is 0.964. The van der Waals surface area contributed by atoms with E-state index in [9.17, 15) is 0 Å². The highest BCUT2D eigenvalue weighted by Crippen LogP contribution is 2.24. The van der Waals surface area contributed by atoms with Crippen molar-refractivity contribution in [2.24, 2.45) is 0 Å². The van der Waals surface area contributed by atoms with E-state index in [0.29, 0.717) is 0 Å². The third-order valence-electron chi connectivity index (χ3n) is 6.98. The van der Waals surface area contributed by atoms with Crippen molar-refractivity contribution in [3.8, 4) is 0 Å². The Hall–Kier alpha value is 0.470. The molecule has 0 aromatic carbocycles. The van der Waals surface area contributed by atoms with Gasteiger partial charge in [-0.2, -0.15) is 0 Å². The summed E-state index contributed by atoms with van der Waals surface area (Å²) >= 11 is 11.0. The molecule has 1 aliphatic rings. The van der Waals surface area contributed by atoms with E-state index < -0.39 is 0 Å². The summed E-state index contributed by atoms with van der Waals surface area (Å²) in [5.41, 5.74) is 3.58. The van der Waals surface area contributed by atoms with Crippen LogP contribution < -0.4 is 5.43 Å². The maximum Gasteiger partial charge on any atom is 0.306 e. The second kappa shape index (κ2) is 22.5. The molecule has 1 rings (SSSR count). The molecule has 7 heteroatoms. The number of thiocarbonyl (C=S) groups is 1. The van der Waals surface area contributed by atoms with Gasteiger partial charge in [0.05, 0.1) is 6.67 Å². The average molecular weight is 548 g/mol. The number of thiol groups is 1. The summed E-state index contributed by atoms with van der Waals surface area (Å²) in [7, 11) is -0.0155. The van der Waals surface area contributed by atoms with Crippen molar-refractivity contribution >= 4 is 40.1 Å². The molecular weight excluding hydrogens is 489 g/mol. The SMILES string of the molecule is CCCCCCN(CCCCCC)CN1NC(=S)[S+](CN(CCCCCC)CCCCCC)C1S. The number of rotatable bonds is 24. The second-order valence-corrected chi connectivity index (χ2v) is 13.8. The van der Waals surface area contributed by atoms with Crippen molar-refractivity contribution in [2.45, 2.75) is 135 Å². The summed E-state index contributed by atoms with van der Waals surface area (Å²) in [4.78, 5) is 5.34. The standard InChI is InChI=1S/C28H58N4S3/c1-5-9-13-17-21-30(22-18-14-10-6-2)25-32-28(34)35(27(33)29-32)26-31(23-19-15-11-7-3)24-20-16-12-8-4/h28H,5-26H2,1-4H3,(H-,29,33,34)/p+1. The molecule has 4 nitrogen and oxygen atoms in total. The first-order valence-corrected chi connectivity index (χ1v) is 17.3. The van der Waals surface area contributed by atoms with Crippen LogP contribution in [0.15, 0.2) is 0 Å². The van der Waals surface area contributed by atoms with E-state index >= 15 is 0 Å². The third kappa shape index (κ3) is 15.5. The first kappa shape index (κ1) is 33.5. The van der Waals surface area contributed by atoms with Crippen LogP contribution >= 0.6 is 24.8 Å². The number of hydrogen-bond donors (Lipinski definition) is 2. The van der Waals surface area contributed by atoms with Gasteiger partial charge in [-0.05, 0) is 51.0 Å². The summed E-state index contributed by atoms with van der Waals surface area (Å²) in [6.07, 6.45) is 21.2. The van der Waals surface area contributed by atoms with Crippen LogP contribution in [0.3, 0.4) is 0 Å². The molecular formula is C28H59N4S3+. The summed E-state index contributed by atoms with van der Waals surface area (Å²) < 4.78 is 1.21. The molecule has 1 aliphatic heterocycles. The van der Waals surface area contributed by atoms with Crippen LogP contribution in [0.5, 0.6) is 0 Å². The fourth-order valence-corrected chi connectivity index (χ4v) is 7.83. The van der Waals surface area contributed by atoms with E-state index in [-0.39, 0.29) is 15.6 Å². The molecule has 0 aliphatic carbocycles. The number of nitrogens with zero attached hydrogens (tertiary/aromatic N) is 3. The van der Waals surface area contributed by atoms with Crippen molar-refractivity contribution in [1.29, 1.82) is 0 Å². The van der Waals surface area contributed by atoms with Gasteiger partial charge in [0, 0.05) is 13.1 Å². The van der Waals surface area contributed by atoms with Gasteiger partial charge in [-0.1, -0.05) is 105 Å². The topological polar surface area (TPSA) is 21.8 Å². The Bertz CT molecular complexity index is 485. The molecule has 1 saturated heterocycles. The van der Waals surface area contributed by atoms with Crippen molar-refractivity contribution in [3.05, 3.63) is 0 Å². The van der Waals surface area contributed by atoms with E-state index in [1.807, 2.05) is 0 Å². The molecule has 2 unspecified atom stereocenters. The van der Waals surface area contributed by atoms with Crippen molar-refractivity contribution in [1.82, 2.24) is 20.2 Å². The lowest BCUT2D eigenvalue weighted by molar-refractivity contribution is 0.122. The summed E-state index contributed by atoms with van der Waals surface area (Å²) in [5.74, 6) is 1.07. The van der Waals surface area contributed by atoms with Gasteiger partial charge in [-0.15, -0.1) is 17.6 Å². The molecule has 0 saturated carbocycles. The largest absolute Gasteiger partial charge is 0.306 e. The predicted octanol–water partition coefficient (Wildman–Crippen LogP) is 7.76. The monoisotopic (exact) mass is 547 g/mol. The average Bonchev–Trinajstić information content (AvgIpc) is 3.11. The first-order chi connectivity index (χ1) is 17.1. The van der Waals surface area contributed by atoms with Crippen LogP contribution in [0, 0.1) is 0 Å². The van der Waals surface area contributed by atoms with Crippen molar-refractivity contribution < 1.29 is 0 Å². The number of hydrazine groups is 1. The number of unbranched alkanes of at least 4 members (excludes halogenated alkanes) is 12. The Morgan fingerprint density at radius 3 is 1.49 bits per heavy atom. The normalized spacial score (nSPS) is 18.8. The quantitative estimate of drug-likeness (QED) is 0.0556. The molecule has 1 fully saturated rings. The van der Waals surface area contributed by atoms with Crippen LogP contribution in [0.25, 0.3) is 0 Å². The van der Waals surface area contributed by atoms with Crippen LogP contribution in [-0.2, 0) is 10.9 Å². The highest BCUT2D eigenvalue weighted by molar-refractivity contribution is 8.25. The van der Waals surface area contributed by atoms with E-state index in [1.54, 1.807) is 0 Å². The zero-order valence-corrected chi connectivity index (χ0v) is 26.3. The molecule has 0 amide bonds. The second-order valence-electron chi connectivity index (χ2n) is 10.4. The minimum Gasteiger partial charge on any atom is -0.289 e. The lowest BCUT2D eigenvalue weighted by Gasteiger charge is -2.28. The zero-order valence-electron chi connectivity index (χ0n) is 23.7. The van der Waals surface area contributed by atoms with E-state index in [4.69, 9.17) is 24.8 Å². The van der Waals surface area contributed by atoms with Crippen LogP contribution in [0.1, 0.15) is 130 Å². The molecule has 0 aromatic heterocycles. The molecule has 2 atom stereocenters. The Labute approximate surface area is 233 Å². The van der Waals surface area contributed by atoms with Crippen LogP contribution in [0.4, 0.5) is 0 Å². The smallest absolute Gasteiger partial charge is 0.289 e. The van der Waals surface area contributed by atoms with E-state index in [2.05, 4.69) is 47.9 Å². The van der Waals surface area contributed by atoms with Crippen molar-refractivity contribution in [3.63, 3.8) is 0 Å². The molecule has 0 bridgehead atoms. The van der Waals surface area contributed by atoms with Crippen molar-refractivity contribution in [2.75, 3.05) is 38.7 Å². The lowest BCUT2D eigenvalue weighted by Crippen LogP contribution is -2.46. The Balaban J connectivity index is 2.65. The molecule has 0 aromatic rings. The maximum absolute atomic E-state index is 5.88. The van der Waals surface area contributed by atoms with Gasteiger partial charge in [-0.25, -0.2) is 0 Å². The Morgan fingerprint density at radius 1 is 0.686 bits per heavy atom. The minimum atomic E-state index is -0.0155. The van der Waals surface area contributed by atoms with E-state index in [1.165, 1.54) is 129 Å². The molecule has 208 valence electrons. The Kier molecular flexibility index (Phi) is 21.5. The molecule has 1 N–H and O–H groups in total. The highest BCUT2D eigenvalue weighted by atomic mass is 32.2. The lowest BCUT2D eigenvalue weighted by atomic mass is 10.2. The van der Waals surface area contributed by atoms with Gasteiger partial charge >= 0.3 is 4.32 Å². The third-order valence-corrected chi connectivity index (χ3v) is 10.7. The van der Waals surface area contributed by atoms with Crippen LogP contribution in [0.2, 0.25) is 0 Å². The number of hydrogen-bond acceptors (Lipinski definition) is 5. The highest BCUT2D eigenvalue weighted by Gasteiger charge is 2.47. The van der Waals surface area contributed by atoms with Gasteiger partial charge in [-0.3, -0.25) is 15.2 Å². The summed E-state index contributed by atoms with van der Waals surface area (Å²) in [6, 6.07) is 0. The van der Waals surface area contributed by atoms with Gasteiger partial charge in [0.2, 0.25) is 4.71 Å². The van der Waals surface area contributed by atoms with Gasteiger partial charge in [0.15, 0.2) is 5.88 Å². The Morgan fingerprint density at radius 2 is 1.09 bits per heavy atom. The van der Waals surface area contributed by atoms with Gasteiger partial charge in [0.1, 0.15) is 10.9 Å².